The lowest BCUT2D eigenvalue weighted by Gasteiger charge is -2.22. The van der Waals surface area contributed by atoms with Crippen LogP contribution in [0.5, 0.6) is 0 Å². The molecule has 0 fully saturated rings. The molecule has 0 saturated heterocycles. The van der Waals surface area contributed by atoms with Gasteiger partial charge in [0.05, 0.1) is 0 Å². The largest absolute Gasteiger partial charge is 0.0955 e. The molecule has 0 amide bonds. The SMILES string of the molecule is C=C(C)c1ccc(C)c(C(C)(C)C)c1.CC. The van der Waals surface area contributed by atoms with Gasteiger partial charge < -0.3 is 0 Å². The zero-order valence-corrected chi connectivity index (χ0v) is 11.9. The highest BCUT2D eigenvalue weighted by molar-refractivity contribution is 5.63. The van der Waals surface area contributed by atoms with Crippen molar-refractivity contribution in [3.05, 3.63) is 41.5 Å². The molecule has 0 spiro atoms. The molecule has 90 valence electrons. The molecule has 1 rings (SSSR count). The van der Waals surface area contributed by atoms with Crippen LogP contribution in [0.4, 0.5) is 0 Å². The third kappa shape index (κ3) is 3.84. The van der Waals surface area contributed by atoms with Gasteiger partial charge in [0, 0.05) is 0 Å². The average molecular weight is 218 g/mol. The second-order valence-electron chi connectivity index (χ2n) is 5.06. The van der Waals surface area contributed by atoms with E-state index in [1.807, 2.05) is 13.8 Å². The quantitative estimate of drug-likeness (QED) is 0.596. The fourth-order valence-electron chi connectivity index (χ4n) is 1.70. The molecule has 0 bridgehead atoms. The molecular formula is C16H26. The minimum absolute atomic E-state index is 0.218. The van der Waals surface area contributed by atoms with E-state index in [1.165, 1.54) is 16.7 Å². The Bertz CT molecular complexity index is 351. The highest BCUT2D eigenvalue weighted by Gasteiger charge is 2.16. The first kappa shape index (κ1) is 15.0. The first-order valence-electron chi connectivity index (χ1n) is 6.09. The van der Waals surface area contributed by atoms with Crippen LogP contribution in [0.25, 0.3) is 5.57 Å². The Kier molecular flexibility index (Phi) is 5.50. The van der Waals surface area contributed by atoms with E-state index in [2.05, 4.69) is 59.4 Å². The monoisotopic (exact) mass is 218 g/mol. The van der Waals surface area contributed by atoms with E-state index in [0.717, 1.165) is 5.57 Å². The lowest BCUT2D eigenvalue weighted by molar-refractivity contribution is 0.586. The lowest BCUT2D eigenvalue weighted by atomic mass is 9.83. The normalized spacial score (nSPS) is 10.4. The lowest BCUT2D eigenvalue weighted by Crippen LogP contribution is -2.13. The van der Waals surface area contributed by atoms with Gasteiger partial charge in [-0.05, 0) is 36.0 Å². The Balaban J connectivity index is 0.00000106. The summed E-state index contributed by atoms with van der Waals surface area (Å²) in [5, 5.41) is 0. The molecule has 0 aliphatic carbocycles. The van der Waals surface area contributed by atoms with Crippen molar-refractivity contribution in [3.8, 4) is 0 Å². The smallest absolute Gasteiger partial charge is 0.0129 e. The third-order valence-corrected chi connectivity index (χ3v) is 2.54. The van der Waals surface area contributed by atoms with Gasteiger partial charge in [-0.15, -0.1) is 0 Å². The Labute approximate surface area is 101 Å². The summed E-state index contributed by atoms with van der Waals surface area (Å²) in [6.45, 7) is 18.9. The standard InChI is InChI=1S/C14H20.C2H6/c1-10(2)12-8-7-11(3)13(9-12)14(4,5)6;1-2/h7-9H,1H2,2-6H3;1-2H3. The molecule has 0 aliphatic heterocycles. The number of hydrogen-bond acceptors (Lipinski definition) is 0. The van der Waals surface area contributed by atoms with E-state index < -0.39 is 0 Å². The topological polar surface area (TPSA) is 0 Å². The van der Waals surface area contributed by atoms with Gasteiger partial charge in [0.15, 0.2) is 0 Å². The number of aryl methyl sites for hydroxylation is 1. The number of rotatable bonds is 1. The summed E-state index contributed by atoms with van der Waals surface area (Å²) < 4.78 is 0. The molecule has 0 heteroatoms. The minimum Gasteiger partial charge on any atom is -0.0955 e. The molecule has 0 aromatic heterocycles. The molecule has 0 nitrogen and oxygen atoms in total. The van der Waals surface area contributed by atoms with Crippen LogP contribution in [0.1, 0.15) is 58.2 Å². The Hall–Kier alpha value is -1.04. The van der Waals surface area contributed by atoms with E-state index in [-0.39, 0.29) is 5.41 Å². The Morgan fingerprint density at radius 3 is 2.00 bits per heavy atom. The van der Waals surface area contributed by atoms with Crippen LogP contribution in [0.3, 0.4) is 0 Å². The first-order valence-corrected chi connectivity index (χ1v) is 6.09. The number of hydrogen-bond donors (Lipinski definition) is 0. The predicted octanol–water partition coefficient (Wildman–Crippen LogP) is 5.35. The summed E-state index contributed by atoms with van der Waals surface area (Å²) in [5.74, 6) is 0. The zero-order valence-electron chi connectivity index (χ0n) is 11.9. The summed E-state index contributed by atoms with van der Waals surface area (Å²) >= 11 is 0. The summed E-state index contributed by atoms with van der Waals surface area (Å²) in [7, 11) is 0. The average Bonchev–Trinajstić information content (AvgIpc) is 2.19. The second-order valence-corrected chi connectivity index (χ2v) is 5.06. The molecule has 0 saturated carbocycles. The van der Waals surface area contributed by atoms with Gasteiger partial charge in [0.1, 0.15) is 0 Å². The van der Waals surface area contributed by atoms with Crippen LogP contribution in [-0.4, -0.2) is 0 Å². The van der Waals surface area contributed by atoms with E-state index in [9.17, 15) is 0 Å². The predicted molar refractivity (Wildman–Crippen MR) is 75.9 cm³/mol. The molecular weight excluding hydrogens is 192 g/mol. The maximum absolute atomic E-state index is 3.98. The van der Waals surface area contributed by atoms with Crippen LogP contribution in [0.15, 0.2) is 24.8 Å². The molecule has 0 atom stereocenters. The molecule has 1 aromatic carbocycles. The van der Waals surface area contributed by atoms with Gasteiger partial charge in [0.25, 0.3) is 0 Å². The summed E-state index contributed by atoms with van der Waals surface area (Å²) in [4.78, 5) is 0. The van der Waals surface area contributed by atoms with Gasteiger partial charge in [-0.3, -0.25) is 0 Å². The summed E-state index contributed by atoms with van der Waals surface area (Å²) in [5.41, 5.74) is 5.38. The van der Waals surface area contributed by atoms with Crippen molar-refractivity contribution >= 4 is 5.57 Å². The summed E-state index contributed by atoms with van der Waals surface area (Å²) in [6, 6.07) is 6.59. The third-order valence-electron chi connectivity index (χ3n) is 2.54. The first-order chi connectivity index (χ1) is 7.32. The fraction of sp³-hybridized carbons (Fsp3) is 0.500. The van der Waals surface area contributed by atoms with Crippen molar-refractivity contribution in [2.75, 3.05) is 0 Å². The van der Waals surface area contributed by atoms with E-state index in [0.29, 0.717) is 0 Å². The fourth-order valence-corrected chi connectivity index (χ4v) is 1.70. The maximum Gasteiger partial charge on any atom is -0.0129 e. The molecule has 0 aliphatic rings. The van der Waals surface area contributed by atoms with Crippen molar-refractivity contribution in [3.63, 3.8) is 0 Å². The molecule has 16 heavy (non-hydrogen) atoms. The number of benzene rings is 1. The Morgan fingerprint density at radius 2 is 1.62 bits per heavy atom. The summed E-state index contributed by atoms with van der Waals surface area (Å²) in [6.07, 6.45) is 0. The second kappa shape index (κ2) is 5.89. The van der Waals surface area contributed by atoms with Gasteiger partial charge in [-0.1, -0.05) is 65.0 Å². The van der Waals surface area contributed by atoms with Crippen molar-refractivity contribution in [1.82, 2.24) is 0 Å². The van der Waals surface area contributed by atoms with E-state index in [4.69, 9.17) is 0 Å². The van der Waals surface area contributed by atoms with Crippen molar-refractivity contribution in [1.29, 1.82) is 0 Å². The van der Waals surface area contributed by atoms with Gasteiger partial charge in [0.2, 0.25) is 0 Å². The molecule has 0 unspecified atom stereocenters. The van der Waals surface area contributed by atoms with Crippen LogP contribution in [-0.2, 0) is 5.41 Å². The molecule has 0 radical (unpaired) electrons. The van der Waals surface area contributed by atoms with Gasteiger partial charge in [-0.2, -0.15) is 0 Å². The van der Waals surface area contributed by atoms with Gasteiger partial charge in [-0.25, -0.2) is 0 Å². The zero-order chi connectivity index (χ0) is 12.9. The minimum atomic E-state index is 0.218. The van der Waals surface area contributed by atoms with E-state index >= 15 is 0 Å². The van der Waals surface area contributed by atoms with Crippen LogP contribution in [0, 0.1) is 6.92 Å². The number of allylic oxidation sites excluding steroid dienone is 1. The van der Waals surface area contributed by atoms with Crippen molar-refractivity contribution in [2.45, 2.75) is 53.9 Å². The van der Waals surface area contributed by atoms with Crippen LogP contribution < -0.4 is 0 Å². The molecule has 1 aromatic rings. The van der Waals surface area contributed by atoms with E-state index in [1.54, 1.807) is 0 Å². The molecule has 0 heterocycles. The van der Waals surface area contributed by atoms with Crippen LogP contribution in [0.2, 0.25) is 0 Å². The molecule has 0 N–H and O–H groups in total. The van der Waals surface area contributed by atoms with Gasteiger partial charge >= 0.3 is 0 Å². The van der Waals surface area contributed by atoms with Crippen LogP contribution >= 0.6 is 0 Å². The highest BCUT2D eigenvalue weighted by atomic mass is 14.2. The van der Waals surface area contributed by atoms with Crippen molar-refractivity contribution in [2.24, 2.45) is 0 Å². The highest BCUT2D eigenvalue weighted by Crippen LogP contribution is 2.28. The van der Waals surface area contributed by atoms with Crippen molar-refractivity contribution < 1.29 is 0 Å². The Morgan fingerprint density at radius 1 is 1.12 bits per heavy atom. The maximum atomic E-state index is 3.98.